The van der Waals surface area contributed by atoms with Crippen molar-refractivity contribution in [3.8, 4) is 0 Å². The van der Waals surface area contributed by atoms with Crippen LogP contribution in [0.3, 0.4) is 0 Å². The van der Waals surface area contributed by atoms with Crippen molar-refractivity contribution in [3.63, 3.8) is 0 Å². The molecule has 238 valence electrons. The normalized spacial score (nSPS) is 17.2. The highest BCUT2D eigenvalue weighted by molar-refractivity contribution is 8.77. The van der Waals surface area contributed by atoms with Crippen molar-refractivity contribution >= 4 is 79.9 Å². The number of thioether (sulfide) groups is 1. The van der Waals surface area contributed by atoms with Crippen LogP contribution in [0.1, 0.15) is 45.2 Å². The first-order chi connectivity index (χ1) is 20.7. The summed E-state index contributed by atoms with van der Waals surface area (Å²) in [4.78, 5) is 59.8. The summed E-state index contributed by atoms with van der Waals surface area (Å²) >= 11 is 7.83. The van der Waals surface area contributed by atoms with Gasteiger partial charge in [-0.1, -0.05) is 84.3 Å². The van der Waals surface area contributed by atoms with E-state index in [4.69, 9.17) is 22.3 Å². The molecule has 1 aliphatic rings. The molecule has 2 aromatic rings. The number of amides is 2. The van der Waals surface area contributed by atoms with Crippen molar-refractivity contribution in [3.05, 3.63) is 64.7 Å². The molecule has 10 nitrogen and oxygen atoms in total. The maximum Gasteiger partial charge on any atom is 0.346 e. The van der Waals surface area contributed by atoms with Gasteiger partial charge in [-0.3, -0.25) is 24.7 Å². The number of Topliss-reactive ketones (excluding diaryl/α,β-unsaturated/α-hetero) is 1. The van der Waals surface area contributed by atoms with E-state index >= 15 is 0 Å². The molecule has 0 fully saturated rings. The molecule has 1 heterocycles. The Labute approximate surface area is 275 Å². The Morgan fingerprint density at radius 3 is 2.39 bits per heavy atom. The van der Waals surface area contributed by atoms with Gasteiger partial charge in [-0.05, 0) is 37.3 Å². The fourth-order valence-electron chi connectivity index (χ4n) is 4.63. The molecule has 14 heteroatoms. The Kier molecular flexibility index (Phi) is 12.4. The fraction of sp³-hybridized carbons (Fsp3) is 0.433. The second-order valence-corrected chi connectivity index (χ2v) is 15.6. The van der Waals surface area contributed by atoms with Crippen molar-refractivity contribution in [2.24, 2.45) is 10.7 Å². The van der Waals surface area contributed by atoms with E-state index in [0.29, 0.717) is 21.9 Å². The number of likely N-dealkylation sites (N-methyl/N-ethyl adjacent to an activating group) is 1. The average molecular weight is 680 g/mol. The molecular formula is C30H38ClN5O5S3. The van der Waals surface area contributed by atoms with Gasteiger partial charge in [0.05, 0.1) is 17.4 Å². The zero-order valence-electron chi connectivity index (χ0n) is 25.5. The lowest BCUT2D eigenvalue weighted by Crippen LogP contribution is -2.71. The predicted molar refractivity (Wildman–Crippen MR) is 183 cm³/mol. The molecule has 0 aromatic heterocycles. The topological polar surface area (TPSA) is 145 Å². The summed E-state index contributed by atoms with van der Waals surface area (Å²) in [6.07, 6.45) is 1.75. The number of hydrogen-bond donors (Lipinski definition) is 3. The number of carboxylic acid groups (broad SMARTS) is 1. The summed E-state index contributed by atoms with van der Waals surface area (Å²) in [5.74, 6) is -3.14. The lowest BCUT2D eigenvalue weighted by molar-refractivity contribution is -0.164. The first kappa shape index (κ1) is 35.9. The van der Waals surface area contributed by atoms with E-state index in [1.807, 2.05) is 26.8 Å². The highest BCUT2D eigenvalue weighted by Crippen LogP contribution is 2.37. The highest BCUT2D eigenvalue weighted by atomic mass is 35.5. The van der Waals surface area contributed by atoms with Gasteiger partial charge in [0.25, 0.3) is 5.91 Å². The number of aliphatic carboxylic acids is 1. The molecule has 3 atom stereocenters. The number of fused-ring (bicyclic) bond motifs is 1. The third-order valence-corrected chi connectivity index (χ3v) is 10.9. The molecule has 0 aliphatic carbocycles. The van der Waals surface area contributed by atoms with Crippen LogP contribution in [-0.2, 0) is 19.2 Å². The molecule has 44 heavy (non-hydrogen) atoms. The number of nitrogens with zero attached hydrogens (tertiary/aromatic N) is 3. The molecule has 2 aromatic carbocycles. The number of carboxylic acids is 1. The SMILES string of the molecule is CN[C@](CCSC)(C(=O)O)N(C(C)=O)N1C(=O)C(C(=O)C(N)CSSC(C)(C)C)N=C(c2ccccc2)c2cc(Cl)ccc21. The number of benzene rings is 2. The summed E-state index contributed by atoms with van der Waals surface area (Å²) in [6, 6.07) is 10.8. The molecule has 0 saturated heterocycles. The van der Waals surface area contributed by atoms with Crippen LogP contribution in [0.5, 0.6) is 0 Å². The minimum Gasteiger partial charge on any atom is -0.478 e. The zero-order chi connectivity index (χ0) is 32.8. The van der Waals surface area contributed by atoms with Gasteiger partial charge < -0.3 is 10.8 Å². The molecule has 2 unspecified atom stereocenters. The van der Waals surface area contributed by atoms with E-state index in [1.54, 1.807) is 47.4 Å². The Morgan fingerprint density at radius 2 is 1.84 bits per heavy atom. The maximum atomic E-state index is 14.6. The van der Waals surface area contributed by atoms with E-state index in [0.717, 1.165) is 10.0 Å². The van der Waals surface area contributed by atoms with Crippen LogP contribution >= 0.6 is 45.0 Å². The second kappa shape index (κ2) is 15.2. The van der Waals surface area contributed by atoms with E-state index in [1.165, 1.54) is 48.7 Å². The monoisotopic (exact) mass is 679 g/mol. The second-order valence-electron chi connectivity index (χ2n) is 11.0. The Morgan fingerprint density at radius 1 is 1.18 bits per heavy atom. The maximum absolute atomic E-state index is 14.6. The van der Waals surface area contributed by atoms with Gasteiger partial charge >= 0.3 is 5.97 Å². The van der Waals surface area contributed by atoms with E-state index < -0.39 is 41.3 Å². The summed E-state index contributed by atoms with van der Waals surface area (Å²) in [7, 11) is 4.38. The third-order valence-electron chi connectivity index (χ3n) is 6.68. The average Bonchev–Trinajstić information content (AvgIpc) is 3.08. The lowest BCUT2D eigenvalue weighted by Gasteiger charge is -2.45. The van der Waals surface area contributed by atoms with Crippen LogP contribution in [-0.4, -0.2) is 86.7 Å². The molecule has 0 bridgehead atoms. The summed E-state index contributed by atoms with van der Waals surface area (Å²) in [6.45, 7) is 7.28. The predicted octanol–water partition coefficient (Wildman–Crippen LogP) is 4.49. The minimum absolute atomic E-state index is 0.0581. The number of hydrazine groups is 1. The summed E-state index contributed by atoms with van der Waals surface area (Å²) in [5.41, 5.74) is 5.67. The van der Waals surface area contributed by atoms with Crippen molar-refractivity contribution in [1.82, 2.24) is 10.3 Å². The van der Waals surface area contributed by atoms with Gasteiger partial charge in [0, 0.05) is 40.0 Å². The first-order valence-electron chi connectivity index (χ1n) is 13.8. The van der Waals surface area contributed by atoms with Crippen molar-refractivity contribution < 1.29 is 24.3 Å². The molecule has 1 aliphatic heterocycles. The Hall–Kier alpha value is -2.55. The lowest BCUT2D eigenvalue weighted by atomic mass is 10.00. The fourth-order valence-corrected chi connectivity index (χ4v) is 7.74. The molecule has 4 N–H and O–H groups in total. The third kappa shape index (κ3) is 7.99. The standard InChI is InChI=1S/C30H38ClN5O5S3/c1-18(37)36(30(33-5,28(40)41)14-15-42-6)35-23-13-12-20(31)16-21(23)24(19-10-8-7-9-11-19)34-25(27(35)39)26(38)22(32)17-43-44-29(2,3)4/h7-13,16,22,25,33H,14-15,17,32H2,1-6H3,(H,40,41)/t22?,25?,30-/m0/s1. The molecule has 3 rings (SSSR count). The van der Waals surface area contributed by atoms with Gasteiger partial charge in [0.1, 0.15) is 0 Å². The number of nitrogens with two attached hydrogens (primary N) is 1. The van der Waals surface area contributed by atoms with E-state index in [-0.39, 0.29) is 28.3 Å². The van der Waals surface area contributed by atoms with Crippen LogP contribution in [0.2, 0.25) is 5.02 Å². The highest BCUT2D eigenvalue weighted by Gasteiger charge is 2.52. The Balaban J connectivity index is 2.32. The largest absolute Gasteiger partial charge is 0.478 e. The number of carbonyl (C=O) groups is 4. The van der Waals surface area contributed by atoms with Crippen LogP contribution < -0.4 is 16.1 Å². The number of rotatable bonds is 13. The van der Waals surface area contributed by atoms with Gasteiger partial charge in [0.2, 0.25) is 11.6 Å². The van der Waals surface area contributed by atoms with Crippen LogP contribution in [0.4, 0.5) is 5.69 Å². The quantitative estimate of drug-likeness (QED) is 0.157. The number of anilines is 1. The van der Waals surface area contributed by atoms with E-state index in [9.17, 15) is 24.3 Å². The number of benzodiazepines with no additional fused rings is 1. The van der Waals surface area contributed by atoms with Crippen LogP contribution in [0.15, 0.2) is 53.5 Å². The zero-order valence-corrected chi connectivity index (χ0v) is 28.7. The summed E-state index contributed by atoms with van der Waals surface area (Å²) < 4.78 is -0.0893. The van der Waals surface area contributed by atoms with Crippen molar-refractivity contribution in [2.45, 2.75) is 56.6 Å². The number of ketones is 1. The van der Waals surface area contributed by atoms with Gasteiger partial charge in [-0.25, -0.2) is 14.8 Å². The number of carbonyl (C=O) groups excluding carboxylic acids is 3. The molecular weight excluding hydrogens is 642 g/mol. The number of aliphatic imine (C=N–C) groups is 1. The number of hydrogen-bond acceptors (Lipinski definition) is 10. The Bertz CT molecular complexity index is 1420. The molecule has 2 amide bonds. The first-order valence-corrected chi connectivity index (χ1v) is 17.9. The van der Waals surface area contributed by atoms with Crippen molar-refractivity contribution in [2.75, 3.05) is 29.8 Å². The van der Waals surface area contributed by atoms with Gasteiger partial charge in [-0.15, -0.1) is 0 Å². The smallest absolute Gasteiger partial charge is 0.346 e. The van der Waals surface area contributed by atoms with Crippen LogP contribution in [0, 0.1) is 0 Å². The molecule has 0 spiro atoms. The number of nitrogens with one attached hydrogen (secondary N) is 1. The molecule has 0 radical (unpaired) electrons. The molecule has 0 saturated carbocycles. The van der Waals surface area contributed by atoms with Gasteiger partial charge in [0.15, 0.2) is 11.8 Å². The van der Waals surface area contributed by atoms with Gasteiger partial charge in [-0.2, -0.15) is 11.8 Å². The summed E-state index contributed by atoms with van der Waals surface area (Å²) in [5, 5.41) is 15.5. The van der Waals surface area contributed by atoms with Crippen molar-refractivity contribution in [1.29, 1.82) is 0 Å². The van der Waals surface area contributed by atoms with E-state index in [2.05, 4.69) is 5.32 Å². The number of halogens is 1. The minimum atomic E-state index is -2.05. The van der Waals surface area contributed by atoms with Crippen LogP contribution in [0.25, 0.3) is 0 Å².